The maximum atomic E-state index is 12.7. The van der Waals surface area contributed by atoms with Gasteiger partial charge >= 0.3 is 6.09 Å². The van der Waals surface area contributed by atoms with Crippen molar-refractivity contribution in [3.63, 3.8) is 0 Å². The van der Waals surface area contributed by atoms with E-state index in [1.54, 1.807) is 0 Å². The van der Waals surface area contributed by atoms with Gasteiger partial charge in [0.1, 0.15) is 11.1 Å². The quantitative estimate of drug-likeness (QED) is 0.363. The first kappa shape index (κ1) is 23.6. The highest BCUT2D eigenvalue weighted by Crippen LogP contribution is 2.40. The Hall–Kier alpha value is -0.590. The number of amides is 1. The molecule has 2 fully saturated rings. The summed E-state index contributed by atoms with van der Waals surface area (Å²) in [5, 5.41) is 3.40. The summed E-state index contributed by atoms with van der Waals surface area (Å²) in [5.41, 5.74) is 1.60. The predicted molar refractivity (Wildman–Crippen MR) is 139 cm³/mol. The Labute approximate surface area is 213 Å². The van der Waals surface area contributed by atoms with Gasteiger partial charge in [-0.05, 0) is 101 Å². The molecule has 1 amide bonds. The fourth-order valence-corrected chi connectivity index (χ4v) is 6.11. The number of carbonyl (C=O) groups is 1. The minimum Gasteiger partial charge on any atom is -0.444 e. The van der Waals surface area contributed by atoms with Gasteiger partial charge in [-0.15, -0.1) is 0 Å². The number of nitrogens with one attached hydrogen (secondary N) is 1. The van der Waals surface area contributed by atoms with Gasteiger partial charge in [0.05, 0.1) is 15.1 Å². The number of fused-ring (bicyclic) bond motifs is 1. The Morgan fingerprint density at radius 2 is 2.00 bits per heavy atom. The van der Waals surface area contributed by atoms with Gasteiger partial charge in [-0.25, -0.2) is 9.78 Å². The second-order valence-corrected chi connectivity index (χ2v) is 12.0. The molecule has 0 aliphatic carbocycles. The van der Waals surface area contributed by atoms with Crippen LogP contribution in [0.1, 0.15) is 39.7 Å². The van der Waals surface area contributed by atoms with Crippen LogP contribution in [-0.2, 0) is 4.74 Å². The average molecular weight is 669 g/mol. The maximum Gasteiger partial charge on any atom is 0.410 e. The maximum absolute atomic E-state index is 12.7. The molecule has 0 unspecified atom stereocenters. The van der Waals surface area contributed by atoms with Crippen molar-refractivity contribution in [2.75, 3.05) is 38.1 Å². The van der Waals surface area contributed by atoms with Crippen LogP contribution in [0.3, 0.4) is 0 Å². The standard InChI is InChI=1S/C21H28Br2IN5O2/c1-21(2,3)31-20(30)28-8-6-13(11-28)29-15-9-14(22)16(23)17(24)18(15)26-19(29)27-7-5-12(10-27)25-4/h9,12-13,25H,5-8,10-11H2,1-4H3/t12-,13+/m1/s1. The number of hydrogen-bond donors (Lipinski definition) is 1. The smallest absolute Gasteiger partial charge is 0.410 e. The summed E-state index contributed by atoms with van der Waals surface area (Å²) in [4.78, 5) is 22.0. The van der Waals surface area contributed by atoms with Crippen LogP contribution in [0.15, 0.2) is 15.0 Å². The summed E-state index contributed by atoms with van der Waals surface area (Å²) >= 11 is 9.73. The molecule has 4 rings (SSSR count). The second-order valence-electron chi connectivity index (χ2n) is 9.23. The number of ether oxygens (including phenoxy) is 1. The summed E-state index contributed by atoms with van der Waals surface area (Å²) < 4.78 is 11.1. The number of rotatable bonds is 3. The molecule has 7 nitrogen and oxygen atoms in total. The molecule has 2 aliphatic heterocycles. The van der Waals surface area contributed by atoms with E-state index >= 15 is 0 Å². The number of benzene rings is 1. The normalized spacial score (nSPS) is 22.0. The van der Waals surface area contributed by atoms with Crippen molar-refractivity contribution >= 4 is 77.5 Å². The molecule has 1 aromatic heterocycles. The number of hydrogen-bond acceptors (Lipinski definition) is 5. The molecule has 1 aromatic carbocycles. The fraction of sp³-hybridized carbons (Fsp3) is 0.619. The Morgan fingerprint density at radius 1 is 1.26 bits per heavy atom. The average Bonchev–Trinajstić information content (AvgIpc) is 3.41. The topological polar surface area (TPSA) is 62.6 Å². The minimum atomic E-state index is -0.493. The van der Waals surface area contributed by atoms with Crippen LogP contribution in [-0.4, -0.2) is 65.4 Å². The van der Waals surface area contributed by atoms with Gasteiger partial charge in [0.2, 0.25) is 5.95 Å². The molecule has 31 heavy (non-hydrogen) atoms. The van der Waals surface area contributed by atoms with Crippen molar-refractivity contribution in [1.82, 2.24) is 19.8 Å². The first-order valence-electron chi connectivity index (χ1n) is 10.5. The van der Waals surface area contributed by atoms with E-state index in [0.717, 1.165) is 55.4 Å². The molecule has 2 atom stereocenters. The van der Waals surface area contributed by atoms with Crippen LogP contribution in [0, 0.1) is 3.57 Å². The van der Waals surface area contributed by atoms with Gasteiger partial charge in [-0.1, -0.05) is 0 Å². The molecule has 2 saturated heterocycles. The lowest BCUT2D eigenvalue weighted by atomic mass is 10.2. The van der Waals surface area contributed by atoms with Crippen LogP contribution in [0.5, 0.6) is 0 Å². The molecule has 1 N–H and O–H groups in total. The first-order chi connectivity index (χ1) is 14.6. The Morgan fingerprint density at radius 3 is 2.65 bits per heavy atom. The number of aromatic nitrogens is 2. The van der Waals surface area contributed by atoms with E-state index in [4.69, 9.17) is 9.72 Å². The molecule has 2 aromatic rings. The third kappa shape index (κ3) is 4.72. The van der Waals surface area contributed by atoms with Crippen LogP contribution < -0.4 is 10.2 Å². The van der Waals surface area contributed by atoms with E-state index in [0.29, 0.717) is 19.1 Å². The van der Waals surface area contributed by atoms with E-state index in [-0.39, 0.29) is 12.1 Å². The second kappa shape index (κ2) is 8.98. The van der Waals surface area contributed by atoms with Crippen LogP contribution in [0.2, 0.25) is 0 Å². The monoisotopic (exact) mass is 667 g/mol. The Kier molecular flexibility index (Phi) is 6.83. The van der Waals surface area contributed by atoms with Crippen molar-refractivity contribution in [2.45, 2.75) is 51.3 Å². The van der Waals surface area contributed by atoms with Crippen LogP contribution >= 0.6 is 54.5 Å². The van der Waals surface area contributed by atoms with E-state index in [1.807, 2.05) is 32.7 Å². The number of anilines is 1. The van der Waals surface area contributed by atoms with Crippen molar-refractivity contribution in [3.05, 3.63) is 18.6 Å². The third-order valence-electron chi connectivity index (χ3n) is 5.86. The molecule has 10 heteroatoms. The third-order valence-corrected chi connectivity index (χ3v) is 9.64. The zero-order valence-electron chi connectivity index (χ0n) is 18.2. The largest absolute Gasteiger partial charge is 0.444 e. The van der Waals surface area contributed by atoms with Crippen LogP contribution in [0.25, 0.3) is 11.0 Å². The highest BCUT2D eigenvalue weighted by Gasteiger charge is 2.35. The van der Waals surface area contributed by atoms with Crippen molar-refractivity contribution in [3.8, 4) is 0 Å². The molecule has 0 bridgehead atoms. The highest BCUT2D eigenvalue weighted by atomic mass is 127. The van der Waals surface area contributed by atoms with Gasteiger partial charge in [-0.2, -0.15) is 0 Å². The van der Waals surface area contributed by atoms with Gasteiger partial charge in [0.15, 0.2) is 0 Å². The van der Waals surface area contributed by atoms with Crippen molar-refractivity contribution < 1.29 is 9.53 Å². The lowest BCUT2D eigenvalue weighted by Gasteiger charge is -2.26. The zero-order valence-corrected chi connectivity index (χ0v) is 23.5. The summed E-state index contributed by atoms with van der Waals surface area (Å²) in [6.45, 7) is 8.93. The molecule has 3 heterocycles. The lowest BCUT2D eigenvalue weighted by Crippen LogP contribution is -2.35. The Bertz CT molecular complexity index is 1010. The first-order valence-corrected chi connectivity index (χ1v) is 13.2. The van der Waals surface area contributed by atoms with Gasteiger partial charge in [0.25, 0.3) is 0 Å². The molecule has 0 radical (unpaired) electrons. The molecular weight excluding hydrogens is 641 g/mol. The Balaban J connectivity index is 1.72. The van der Waals surface area contributed by atoms with E-state index in [2.05, 4.69) is 75.3 Å². The fourth-order valence-electron chi connectivity index (χ4n) is 4.33. The van der Waals surface area contributed by atoms with Crippen molar-refractivity contribution in [1.29, 1.82) is 0 Å². The zero-order chi connectivity index (χ0) is 22.5. The SMILES string of the molecule is CN[C@@H]1CCN(c2nc3c(I)c(Br)c(Br)cc3n2[C@H]2CCN(C(=O)OC(C)(C)C)C2)C1. The number of imidazole rings is 1. The van der Waals surface area contributed by atoms with E-state index in [1.165, 1.54) is 0 Å². The number of carbonyl (C=O) groups excluding carboxylic acids is 1. The van der Waals surface area contributed by atoms with E-state index in [9.17, 15) is 4.79 Å². The highest BCUT2D eigenvalue weighted by molar-refractivity contribution is 14.1. The van der Waals surface area contributed by atoms with Gasteiger partial charge in [-0.3, -0.25) is 0 Å². The number of halogens is 3. The molecule has 170 valence electrons. The molecule has 0 spiro atoms. The lowest BCUT2D eigenvalue weighted by molar-refractivity contribution is 0.0289. The molecule has 0 saturated carbocycles. The summed E-state index contributed by atoms with van der Waals surface area (Å²) in [6, 6.07) is 2.76. The predicted octanol–water partition coefficient (Wildman–Crippen LogP) is 5.15. The number of nitrogens with zero attached hydrogens (tertiary/aromatic N) is 4. The van der Waals surface area contributed by atoms with Gasteiger partial charge in [0, 0.05) is 41.2 Å². The minimum absolute atomic E-state index is 0.157. The van der Waals surface area contributed by atoms with Crippen molar-refractivity contribution in [2.24, 2.45) is 0 Å². The van der Waals surface area contributed by atoms with E-state index < -0.39 is 5.60 Å². The van der Waals surface area contributed by atoms with Crippen LogP contribution in [0.4, 0.5) is 10.7 Å². The summed E-state index contributed by atoms with van der Waals surface area (Å²) in [6.07, 6.45) is 1.74. The number of likely N-dealkylation sites (N-methyl/N-ethyl adjacent to an activating group) is 1. The summed E-state index contributed by atoms with van der Waals surface area (Å²) in [5.74, 6) is 0.992. The summed E-state index contributed by atoms with van der Waals surface area (Å²) in [7, 11) is 2.02. The molecular formula is C21H28Br2IN5O2. The van der Waals surface area contributed by atoms with Gasteiger partial charge < -0.3 is 24.4 Å². The number of likely N-dealkylation sites (tertiary alicyclic amines) is 1. The molecule has 2 aliphatic rings.